The molecule has 9 rings (SSSR count). The number of anilines is 3. The SMILES string of the molecule is C[Si]1(C)c2ccccc2Oc2ccc(-c3ccc(N(c4ccc(-c5ccccc5)cc4)c4ccc(-c5cccc(-c6ccccc6)c5)cc4)cc3)cc21. The van der Waals surface area contributed by atoms with Gasteiger partial charge in [0.25, 0.3) is 0 Å². The molecule has 1 heterocycles. The van der Waals surface area contributed by atoms with E-state index in [1.165, 1.54) is 54.9 Å². The average molecular weight is 698 g/mol. The standard InChI is InChI=1S/C50H39NOSi/c1-53(2)49-19-10-9-18-47(49)52-48-33-26-43(35-50(48)53)40-24-31-46(32-25-40)51(44-27-20-38(21-28-44)36-12-5-3-6-13-36)45-29-22-39(23-30-45)42-17-11-16-41(34-42)37-14-7-4-8-15-37/h3-35H,1-2H3. The molecule has 0 N–H and O–H groups in total. The van der Waals surface area contributed by atoms with Crippen LogP contribution in [0.1, 0.15) is 0 Å². The molecular formula is C50H39NOSi. The molecule has 0 spiro atoms. The van der Waals surface area contributed by atoms with Crippen molar-refractivity contribution in [3.05, 3.63) is 200 Å². The average Bonchev–Trinajstić information content (AvgIpc) is 3.22. The number of hydrogen-bond donors (Lipinski definition) is 0. The maximum Gasteiger partial charge on any atom is 0.127 e. The van der Waals surface area contributed by atoms with Crippen molar-refractivity contribution in [1.29, 1.82) is 0 Å². The molecule has 0 fully saturated rings. The summed E-state index contributed by atoms with van der Waals surface area (Å²) < 4.78 is 6.38. The summed E-state index contributed by atoms with van der Waals surface area (Å²) >= 11 is 0. The minimum absolute atomic E-state index is 0.987. The van der Waals surface area contributed by atoms with Gasteiger partial charge >= 0.3 is 0 Å². The second-order valence-electron chi connectivity index (χ2n) is 14.2. The number of fused-ring (bicyclic) bond motifs is 2. The molecule has 53 heavy (non-hydrogen) atoms. The van der Waals surface area contributed by atoms with Gasteiger partial charge in [0.05, 0.1) is 0 Å². The number of para-hydroxylation sites is 1. The molecule has 3 heteroatoms. The molecule has 0 atom stereocenters. The first kappa shape index (κ1) is 32.5. The van der Waals surface area contributed by atoms with Crippen molar-refractivity contribution in [1.82, 2.24) is 0 Å². The first-order valence-electron chi connectivity index (χ1n) is 18.3. The molecular weight excluding hydrogens is 659 g/mol. The van der Waals surface area contributed by atoms with E-state index in [0.717, 1.165) is 28.6 Å². The molecule has 8 aromatic rings. The van der Waals surface area contributed by atoms with Gasteiger partial charge in [-0.1, -0.05) is 159 Å². The molecule has 254 valence electrons. The van der Waals surface area contributed by atoms with Crippen molar-refractivity contribution in [3.63, 3.8) is 0 Å². The highest BCUT2D eigenvalue weighted by molar-refractivity contribution is 7.01. The quantitative estimate of drug-likeness (QED) is 0.154. The van der Waals surface area contributed by atoms with Crippen LogP contribution in [0.2, 0.25) is 13.1 Å². The molecule has 8 aromatic carbocycles. The molecule has 0 unspecified atom stereocenters. The van der Waals surface area contributed by atoms with E-state index >= 15 is 0 Å². The summed E-state index contributed by atoms with van der Waals surface area (Å²) in [7, 11) is -1.93. The van der Waals surface area contributed by atoms with E-state index in [0.29, 0.717) is 0 Å². The van der Waals surface area contributed by atoms with Crippen LogP contribution in [0.4, 0.5) is 17.1 Å². The lowest BCUT2D eigenvalue weighted by Gasteiger charge is -2.33. The van der Waals surface area contributed by atoms with E-state index < -0.39 is 8.07 Å². The first-order valence-corrected chi connectivity index (χ1v) is 21.3. The molecule has 0 radical (unpaired) electrons. The van der Waals surface area contributed by atoms with Gasteiger partial charge in [-0.05, 0) is 109 Å². The van der Waals surface area contributed by atoms with Crippen LogP contribution >= 0.6 is 0 Å². The summed E-state index contributed by atoms with van der Waals surface area (Å²) in [5.74, 6) is 1.99. The lowest BCUT2D eigenvalue weighted by atomic mass is 9.99. The second-order valence-corrected chi connectivity index (χ2v) is 18.6. The van der Waals surface area contributed by atoms with Crippen molar-refractivity contribution < 1.29 is 4.74 Å². The molecule has 0 bridgehead atoms. The van der Waals surface area contributed by atoms with Crippen molar-refractivity contribution in [2.75, 3.05) is 4.90 Å². The zero-order valence-electron chi connectivity index (χ0n) is 29.9. The fourth-order valence-electron chi connectivity index (χ4n) is 7.62. The van der Waals surface area contributed by atoms with Gasteiger partial charge < -0.3 is 9.64 Å². The Kier molecular flexibility index (Phi) is 8.34. The maximum atomic E-state index is 6.38. The summed E-state index contributed by atoms with van der Waals surface area (Å²) in [5, 5.41) is 2.69. The van der Waals surface area contributed by atoms with Crippen molar-refractivity contribution in [2.24, 2.45) is 0 Å². The van der Waals surface area contributed by atoms with Crippen LogP contribution in [-0.4, -0.2) is 8.07 Å². The molecule has 0 amide bonds. The molecule has 0 aliphatic carbocycles. The summed E-state index contributed by atoms with van der Waals surface area (Å²) in [6.07, 6.45) is 0. The Morgan fingerprint density at radius 3 is 1.25 bits per heavy atom. The normalized spacial score (nSPS) is 12.6. The van der Waals surface area contributed by atoms with Gasteiger partial charge in [0.2, 0.25) is 0 Å². The van der Waals surface area contributed by atoms with Crippen LogP contribution in [0.15, 0.2) is 200 Å². The van der Waals surface area contributed by atoms with Crippen LogP contribution in [0.3, 0.4) is 0 Å². The third-order valence-corrected chi connectivity index (χ3v) is 14.1. The Morgan fingerprint density at radius 1 is 0.321 bits per heavy atom. The fourth-order valence-corrected chi connectivity index (χ4v) is 10.4. The Morgan fingerprint density at radius 2 is 0.698 bits per heavy atom. The van der Waals surface area contributed by atoms with Gasteiger partial charge in [-0.25, -0.2) is 0 Å². The zero-order valence-corrected chi connectivity index (χ0v) is 30.9. The number of benzene rings is 8. The van der Waals surface area contributed by atoms with Crippen LogP contribution in [0.5, 0.6) is 11.5 Å². The highest BCUT2D eigenvalue weighted by atomic mass is 28.3. The van der Waals surface area contributed by atoms with Crippen LogP contribution in [-0.2, 0) is 0 Å². The topological polar surface area (TPSA) is 12.5 Å². The van der Waals surface area contributed by atoms with Crippen molar-refractivity contribution in [2.45, 2.75) is 13.1 Å². The zero-order chi connectivity index (χ0) is 35.8. The van der Waals surface area contributed by atoms with E-state index in [1.807, 2.05) is 0 Å². The largest absolute Gasteiger partial charge is 0.458 e. The number of ether oxygens (including phenoxy) is 1. The Labute approximate surface area is 313 Å². The Hall–Kier alpha value is -6.42. The van der Waals surface area contributed by atoms with E-state index in [-0.39, 0.29) is 0 Å². The van der Waals surface area contributed by atoms with E-state index in [4.69, 9.17) is 4.74 Å². The minimum atomic E-state index is -1.93. The molecule has 0 aromatic heterocycles. The smallest absolute Gasteiger partial charge is 0.127 e. The van der Waals surface area contributed by atoms with Crippen LogP contribution in [0.25, 0.3) is 44.5 Å². The lowest BCUT2D eigenvalue weighted by molar-refractivity contribution is 0.487. The summed E-state index contributed by atoms with van der Waals surface area (Å²) in [5.41, 5.74) is 12.9. The summed E-state index contributed by atoms with van der Waals surface area (Å²) in [6.45, 7) is 4.85. The van der Waals surface area contributed by atoms with Crippen molar-refractivity contribution >= 4 is 35.5 Å². The van der Waals surface area contributed by atoms with Crippen molar-refractivity contribution in [3.8, 4) is 56.0 Å². The second kappa shape index (κ2) is 13.6. The third-order valence-electron chi connectivity index (χ3n) is 10.6. The van der Waals surface area contributed by atoms with Gasteiger partial charge in [0, 0.05) is 17.1 Å². The maximum absolute atomic E-state index is 6.38. The minimum Gasteiger partial charge on any atom is -0.458 e. The van der Waals surface area contributed by atoms with E-state index in [1.54, 1.807) is 0 Å². The van der Waals surface area contributed by atoms with Gasteiger partial charge in [-0.2, -0.15) is 0 Å². The predicted molar refractivity (Wildman–Crippen MR) is 226 cm³/mol. The van der Waals surface area contributed by atoms with Gasteiger partial charge in [-0.15, -0.1) is 0 Å². The highest BCUT2D eigenvalue weighted by Crippen LogP contribution is 2.39. The monoisotopic (exact) mass is 697 g/mol. The van der Waals surface area contributed by atoms with Crippen LogP contribution < -0.4 is 20.0 Å². The van der Waals surface area contributed by atoms with Gasteiger partial charge in [0.1, 0.15) is 19.6 Å². The Bertz CT molecular complexity index is 2520. The Balaban J connectivity index is 1.06. The van der Waals surface area contributed by atoms with E-state index in [2.05, 4.69) is 218 Å². The highest BCUT2D eigenvalue weighted by Gasteiger charge is 2.36. The number of nitrogens with zero attached hydrogens (tertiary/aromatic N) is 1. The fraction of sp³-hybridized carbons (Fsp3) is 0.0400. The lowest BCUT2D eigenvalue weighted by Crippen LogP contribution is -2.55. The van der Waals surface area contributed by atoms with Gasteiger partial charge in [0.15, 0.2) is 0 Å². The molecule has 1 aliphatic heterocycles. The first-order chi connectivity index (χ1) is 26.0. The molecule has 2 nitrogen and oxygen atoms in total. The predicted octanol–water partition coefficient (Wildman–Crippen LogP) is 12.8. The van der Waals surface area contributed by atoms with E-state index in [9.17, 15) is 0 Å². The number of hydrogen-bond acceptors (Lipinski definition) is 2. The summed E-state index contributed by atoms with van der Waals surface area (Å²) in [4.78, 5) is 2.34. The number of rotatable bonds is 7. The van der Waals surface area contributed by atoms with Crippen LogP contribution in [0, 0.1) is 0 Å². The molecule has 0 saturated heterocycles. The third kappa shape index (κ3) is 6.26. The molecule has 0 saturated carbocycles. The van der Waals surface area contributed by atoms with Gasteiger partial charge in [-0.3, -0.25) is 0 Å². The molecule has 1 aliphatic rings. The summed E-state index contributed by atoms with van der Waals surface area (Å²) in [6, 6.07) is 71.9.